The first kappa shape index (κ1) is 23.4. The number of carbonyl (C=O) groups excluding carboxylic acids is 2. The van der Waals surface area contributed by atoms with Crippen LogP contribution < -0.4 is 0 Å². The van der Waals surface area contributed by atoms with Crippen molar-refractivity contribution in [1.82, 2.24) is 0 Å². The van der Waals surface area contributed by atoms with Crippen molar-refractivity contribution in [2.75, 3.05) is 12.9 Å². The van der Waals surface area contributed by atoms with Gasteiger partial charge in [0.25, 0.3) is 0 Å². The molecular weight excluding hydrogens is 437 g/mol. The molecule has 1 unspecified atom stereocenters. The average Bonchev–Trinajstić information content (AvgIpc) is 2.60. The summed E-state index contributed by atoms with van der Waals surface area (Å²) in [6.07, 6.45) is -2.24. The number of sulfone groups is 1. The minimum Gasteiger partial charge on any atom is -0.512 e. The highest BCUT2D eigenvalue weighted by molar-refractivity contribution is 7.90. The molecule has 0 saturated heterocycles. The second-order valence-electron chi connectivity index (χ2n) is 6.61. The fourth-order valence-corrected chi connectivity index (χ4v) is 4.38. The minimum atomic E-state index is -4.64. The lowest BCUT2D eigenvalue weighted by Crippen LogP contribution is -2.22. The van der Waals surface area contributed by atoms with E-state index in [1.807, 2.05) is 0 Å². The van der Waals surface area contributed by atoms with Gasteiger partial charge >= 0.3 is 6.18 Å². The summed E-state index contributed by atoms with van der Waals surface area (Å²) >= 11 is 6.18. The van der Waals surface area contributed by atoms with Crippen LogP contribution in [0.1, 0.15) is 35.2 Å². The number of ether oxygens (including phenoxy) is 1. The second-order valence-corrected chi connectivity index (χ2v) is 8.97. The van der Waals surface area contributed by atoms with Gasteiger partial charge in [-0.25, -0.2) is 8.42 Å². The second kappa shape index (κ2) is 8.85. The van der Waals surface area contributed by atoms with Gasteiger partial charge in [0.15, 0.2) is 15.6 Å². The van der Waals surface area contributed by atoms with Crippen LogP contribution in [-0.2, 0) is 26.0 Å². The molecule has 0 heterocycles. The Kier molecular flexibility index (Phi) is 7.13. The molecule has 0 saturated carbocycles. The topological polar surface area (TPSA) is 97.7 Å². The number of ketones is 1. The largest absolute Gasteiger partial charge is 0.512 e. The third-order valence-corrected chi connectivity index (χ3v) is 5.99. The molecule has 0 aliphatic heterocycles. The first-order valence-corrected chi connectivity index (χ1v) is 10.7. The summed E-state index contributed by atoms with van der Waals surface area (Å²) in [4.78, 5) is 23.8. The quantitative estimate of drug-likeness (QED) is 0.497. The summed E-state index contributed by atoms with van der Waals surface area (Å²) in [6.45, 7) is -2.44. The number of aliphatic hydroxyl groups excluding tert-OH is 1. The lowest BCUT2D eigenvalue weighted by molar-refractivity contribution is -0.176. The fourth-order valence-electron chi connectivity index (χ4n) is 3.09. The van der Waals surface area contributed by atoms with Crippen LogP contribution in [-0.4, -0.2) is 44.6 Å². The van der Waals surface area contributed by atoms with E-state index in [-0.39, 0.29) is 33.8 Å². The van der Waals surface area contributed by atoms with Crippen molar-refractivity contribution < 1.29 is 41.0 Å². The molecule has 0 spiro atoms. The highest BCUT2D eigenvalue weighted by atomic mass is 35.5. The van der Waals surface area contributed by atoms with Gasteiger partial charge in [0, 0.05) is 35.3 Å². The number of alkyl halides is 3. The van der Waals surface area contributed by atoms with Crippen LogP contribution >= 0.6 is 11.6 Å². The first-order chi connectivity index (χ1) is 13.4. The number of aldehydes is 1. The summed E-state index contributed by atoms with van der Waals surface area (Å²) < 4.78 is 65.6. The average molecular weight is 455 g/mol. The predicted octanol–water partition coefficient (Wildman–Crippen LogP) is 3.82. The molecule has 0 radical (unpaired) electrons. The van der Waals surface area contributed by atoms with Crippen molar-refractivity contribution in [3.63, 3.8) is 0 Å². The zero-order valence-corrected chi connectivity index (χ0v) is 16.8. The molecule has 29 heavy (non-hydrogen) atoms. The molecule has 1 aromatic rings. The lowest BCUT2D eigenvalue weighted by atomic mass is 9.83. The molecule has 1 aliphatic carbocycles. The van der Waals surface area contributed by atoms with Crippen LogP contribution in [0, 0.1) is 5.92 Å². The first-order valence-electron chi connectivity index (χ1n) is 8.44. The Morgan fingerprint density at radius 1 is 1.38 bits per heavy atom. The maximum absolute atomic E-state index is 12.9. The van der Waals surface area contributed by atoms with Crippen LogP contribution in [0.25, 0.3) is 0 Å². The van der Waals surface area contributed by atoms with E-state index in [0.29, 0.717) is 19.1 Å². The van der Waals surface area contributed by atoms with E-state index in [1.54, 1.807) is 0 Å². The molecule has 0 aromatic heterocycles. The van der Waals surface area contributed by atoms with Gasteiger partial charge < -0.3 is 14.6 Å². The Bertz CT molecular complexity index is 953. The fraction of sp³-hybridized carbons (Fsp3) is 0.444. The van der Waals surface area contributed by atoms with Crippen molar-refractivity contribution in [2.24, 2.45) is 5.92 Å². The zero-order valence-electron chi connectivity index (χ0n) is 15.3. The number of halogens is 4. The standard InChI is InChI=1S/C18H18ClF3O6S/c1-29(26,27)14-6-5-11(16(19)12(14)8-28-9-18(20,21)22)17(25)15-10(7-23)3-2-4-13(15)24/h5-7,10,24H,2-4,8-9H2,1H3. The molecule has 160 valence electrons. The lowest BCUT2D eigenvalue weighted by Gasteiger charge is -2.22. The van der Waals surface area contributed by atoms with Gasteiger partial charge in [-0.05, 0) is 25.0 Å². The van der Waals surface area contributed by atoms with Crippen LogP contribution in [0.5, 0.6) is 0 Å². The number of benzene rings is 1. The van der Waals surface area contributed by atoms with E-state index in [1.165, 1.54) is 0 Å². The van der Waals surface area contributed by atoms with Gasteiger partial charge in [0.2, 0.25) is 0 Å². The molecule has 0 amide bonds. The Balaban J connectivity index is 2.52. The van der Waals surface area contributed by atoms with E-state index < -0.39 is 46.0 Å². The van der Waals surface area contributed by atoms with Crippen molar-refractivity contribution in [1.29, 1.82) is 0 Å². The Morgan fingerprint density at radius 2 is 2.03 bits per heavy atom. The van der Waals surface area contributed by atoms with Crippen molar-refractivity contribution in [2.45, 2.75) is 36.9 Å². The molecule has 1 aromatic carbocycles. The monoisotopic (exact) mass is 454 g/mol. The molecule has 1 atom stereocenters. The van der Waals surface area contributed by atoms with E-state index in [2.05, 4.69) is 4.74 Å². The number of allylic oxidation sites excluding steroid dienone is 2. The minimum absolute atomic E-state index is 0.151. The SMILES string of the molecule is CS(=O)(=O)c1ccc(C(=O)C2=C(O)CCCC2C=O)c(Cl)c1COCC(F)(F)F. The van der Waals surface area contributed by atoms with Crippen LogP contribution in [0.2, 0.25) is 5.02 Å². The van der Waals surface area contributed by atoms with Gasteiger partial charge in [-0.1, -0.05) is 11.6 Å². The predicted molar refractivity (Wildman–Crippen MR) is 97.7 cm³/mol. The summed E-state index contributed by atoms with van der Waals surface area (Å²) in [5, 5.41) is 9.68. The number of aliphatic hydroxyl groups is 1. The summed E-state index contributed by atoms with van der Waals surface area (Å²) in [7, 11) is -3.89. The zero-order chi connectivity index (χ0) is 22.0. The maximum atomic E-state index is 12.9. The molecule has 2 rings (SSSR count). The number of hydrogen-bond donors (Lipinski definition) is 1. The number of rotatable bonds is 7. The van der Waals surface area contributed by atoms with Gasteiger partial charge in [0.05, 0.1) is 16.5 Å². The van der Waals surface area contributed by atoms with Crippen molar-refractivity contribution in [3.05, 3.63) is 39.6 Å². The number of hydrogen-bond acceptors (Lipinski definition) is 6. The Labute approximate surface area is 170 Å². The van der Waals surface area contributed by atoms with Crippen LogP contribution in [0.15, 0.2) is 28.4 Å². The smallest absolute Gasteiger partial charge is 0.411 e. The maximum Gasteiger partial charge on any atom is 0.411 e. The van der Waals surface area contributed by atoms with Gasteiger partial charge in [-0.3, -0.25) is 4.79 Å². The highest BCUT2D eigenvalue weighted by Crippen LogP contribution is 2.35. The molecule has 1 N–H and O–H groups in total. The highest BCUT2D eigenvalue weighted by Gasteiger charge is 2.32. The number of carbonyl (C=O) groups is 2. The molecule has 6 nitrogen and oxygen atoms in total. The van der Waals surface area contributed by atoms with Crippen molar-refractivity contribution >= 4 is 33.5 Å². The van der Waals surface area contributed by atoms with Gasteiger partial charge in [0.1, 0.15) is 18.7 Å². The van der Waals surface area contributed by atoms with E-state index in [0.717, 1.165) is 18.4 Å². The normalized spacial score (nSPS) is 18.0. The number of Topliss-reactive ketones (excluding diaryl/α,β-unsaturated/α-hetero) is 1. The molecule has 11 heteroatoms. The Hall–Kier alpha value is -1.91. The Morgan fingerprint density at radius 3 is 2.59 bits per heavy atom. The molecule has 1 aliphatic rings. The van der Waals surface area contributed by atoms with E-state index in [9.17, 15) is 36.3 Å². The molecule has 0 fully saturated rings. The van der Waals surface area contributed by atoms with Gasteiger partial charge in [-0.15, -0.1) is 0 Å². The summed E-state index contributed by atoms with van der Waals surface area (Å²) in [5.41, 5.74) is -0.690. The van der Waals surface area contributed by atoms with Crippen LogP contribution in [0.4, 0.5) is 13.2 Å². The van der Waals surface area contributed by atoms with E-state index in [4.69, 9.17) is 11.6 Å². The molecular formula is C18H18ClF3O6S. The van der Waals surface area contributed by atoms with Gasteiger partial charge in [-0.2, -0.15) is 13.2 Å². The van der Waals surface area contributed by atoms with E-state index >= 15 is 0 Å². The third-order valence-electron chi connectivity index (χ3n) is 4.38. The third kappa shape index (κ3) is 5.58. The summed E-state index contributed by atoms with van der Waals surface area (Å²) in [5.74, 6) is -1.91. The molecule has 0 bridgehead atoms. The van der Waals surface area contributed by atoms with Crippen LogP contribution in [0.3, 0.4) is 0 Å². The summed E-state index contributed by atoms with van der Waals surface area (Å²) in [6, 6.07) is 2.14. The van der Waals surface area contributed by atoms with Crippen molar-refractivity contribution in [3.8, 4) is 0 Å².